The number of nitrogens with zero attached hydrogens (tertiary/aromatic N) is 1. The smallest absolute Gasteiger partial charge is 0.225 e. The Labute approximate surface area is 83.2 Å². The van der Waals surface area contributed by atoms with Gasteiger partial charge in [0, 0.05) is 4.92 Å². The Kier molecular flexibility index (Phi) is 3.85. The van der Waals surface area contributed by atoms with Crippen LogP contribution in [0.25, 0.3) is 0 Å². The zero-order chi connectivity index (χ0) is 10.4. The summed E-state index contributed by atoms with van der Waals surface area (Å²) in [6, 6.07) is 9.77. The molecule has 0 amide bonds. The largest absolute Gasteiger partial charge is 0.264 e. The minimum atomic E-state index is -0.293. The lowest BCUT2D eigenvalue weighted by molar-refractivity contribution is -0.471. The van der Waals surface area contributed by atoms with Crippen LogP contribution in [0.3, 0.4) is 0 Å². The first kappa shape index (κ1) is 10.4. The average Bonchev–Trinajstić information content (AvgIpc) is 2.17. The normalized spacial score (nSPS) is 11.4. The van der Waals surface area contributed by atoms with Crippen molar-refractivity contribution in [1.82, 2.24) is 0 Å². The second kappa shape index (κ2) is 5.17. The van der Waals surface area contributed by atoms with Gasteiger partial charge in [0.15, 0.2) is 0 Å². The van der Waals surface area contributed by atoms with E-state index in [4.69, 9.17) is 0 Å². The number of allylic oxidation sites excluding steroid dienone is 1. The molecule has 0 atom stereocenters. The zero-order valence-electron chi connectivity index (χ0n) is 8.14. The molecule has 1 aromatic carbocycles. The van der Waals surface area contributed by atoms with Gasteiger partial charge in [-0.3, -0.25) is 10.1 Å². The van der Waals surface area contributed by atoms with Gasteiger partial charge in [-0.2, -0.15) is 0 Å². The summed E-state index contributed by atoms with van der Waals surface area (Å²) >= 11 is 0. The molecule has 0 heterocycles. The lowest BCUT2D eigenvalue weighted by atomic mass is 10.1. The average molecular weight is 191 g/mol. The van der Waals surface area contributed by atoms with Gasteiger partial charge < -0.3 is 0 Å². The van der Waals surface area contributed by atoms with Gasteiger partial charge in [0.1, 0.15) is 0 Å². The number of hydrogen-bond donors (Lipinski definition) is 0. The molecule has 0 saturated heterocycles. The van der Waals surface area contributed by atoms with Crippen molar-refractivity contribution >= 4 is 0 Å². The zero-order valence-corrected chi connectivity index (χ0v) is 8.14. The Morgan fingerprint density at radius 2 is 2.07 bits per heavy atom. The van der Waals surface area contributed by atoms with Crippen LogP contribution in [0.5, 0.6) is 0 Å². The van der Waals surface area contributed by atoms with Gasteiger partial charge in [-0.25, -0.2) is 0 Å². The fourth-order valence-electron chi connectivity index (χ4n) is 1.27. The molecule has 0 radical (unpaired) electrons. The summed E-state index contributed by atoms with van der Waals surface area (Å²) in [5.74, 6) is 0. The van der Waals surface area contributed by atoms with Gasteiger partial charge in [0.2, 0.25) is 6.54 Å². The van der Waals surface area contributed by atoms with Crippen LogP contribution < -0.4 is 0 Å². The molecule has 0 unspecified atom stereocenters. The molecule has 0 aliphatic rings. The van der Waals surface area contributed by atoms with Crippen LogP contribution in [0, 0.1) is 10.1 Å². The highest BCUT2D eigenvalue weighted by atomic mass is 16.6. The van der Waals surface area contributed by atoms with Crippen molar-refractivity contribution < 1.29 is 4.92 Å². The Hall–Kier alpha value is -1.64. The van der Waals surface area contributed by atoms with Gasteiger partial charge in [-0.15, -0.1) is 0 Å². The predicted molar refractivity (Wildman–Crippen MR) is 55.8 cm³/mol. The van der Waals surface area contributed by atoms with Crippen LogP contribution in [0.4, 0.5) is 0 Å². The maximum absolute atomic E-state index is 10.3. The topological polar surface area (TPSA) is 43.1 Å². The maximum Gasteiger partial charge on any atom is 0.225 e. The molecule has 0 aliphatic heterocycles. The molecule has 0 fully saturated rings. The standard InChI is InChI=1S/C11H13NO2/c1-2-10(9-12(13)14)8-11-6-4-3-5-7-11/h2-7H,8-9H2,1H3. The van der Waals surface area contributed by atoms with Crippen LogP contribution in [-0.2, 0) is 6.42 Å². The van der Waals surface area contributed by atoms with Crippen molar-refractivity contribution in [2.45, 2.75) is 13.3 Å². The number of benzene rings is 1. The van der Waals surface area contributed by atoms with Crippen LogP contribution in [0.15, 0.2) is 42.0 Å². The van der Waals surface area contributed by atoms with Crippen molar-refractivity contribution in [2.75, 3.05) is 6.54 Å². The molecule has 3 nitrogen and oxygen atoms in total. The summed E-state index contributed by atoms with van der Waals surface area (Å²) in [4.78, 5) is 10.0. The number of rotatable bonds is 4. The number of nitro groups is 1. The molecule has 1 aromatic rings. The molecule has 0 saturated carbocycles. The molecule has 14 heavy (non-hydrogen) atoms. The lowest BCUT2D eigenvalue weighted by Gasteiger charge is -2.01. The Bertz CT molecular complexity index is 330. The van der Waals surface area contributed by atoms with Crippen molar-refractivity contribution in [2.24, 2.45) is 0 Å². The summed E-state index contributed by atoms with van der Waals surface area (Å²) in [5.41, 5.74) is 1.96. The molecule has 1 rings (SSSR count). The summed E-state index contributed by atoms with van der Waals surface area (Å²) in [5, 5.41) is 10.3. The maximum atomic E-state index is 10.3. The second-order valence-electron chi connectivity index (χ2n) is 3.10. The van der Waals surface area contributed by atoms with E-state index in [0.717, 1.165) is 11.1 Å². The molecule has 0 bridgehead atoms. The van der Waals surface area contributed by atoms with E-state index in [9.17, 15) is 10.1 Å². The minimum Gasteiger partial charge on any atom is -0.264 e. The first-order valence-corrected chi connectivity index (χ1v) is 4.52. The third-order valence-corrected chi connectivity index (χ3v) is 2.01. The summed E-state index contributed by atoms with van der Waals surface area (Å²) in [7, 11) is 0. The SMILES string of the molecule is CC=C(Cc1ccccc1)C[N+](=O)[O-]. The quantitative estimate of drug-likeness (QED) is 0.417. The Morgan fingerprint density at radius 3 is 2.57 bits per heavy atom. The van der Waals surface area contributed by atoms with Crippen LogP contribution in [0.1, 0.15) is 12.5 Å². The molecular weight excluding hydrogens is 178 g/mol. The summed E-state index contributed by atoms with van der Waals surface area (Å²) in [6.45, 7) is 1.77. The fraction of sp³-hybridized carbons (Fsp3) is 0.273. The predicted octanol–water partition coefficient (Wildman–Crippen LogP) is 2.45. The third kappa shape index (κ3) is 3.39. The summed E-state index contributed by atoms with van der Waals surface area (Å²) in [6.07, 6.45) is 2.48. The van der Waals surface area contributed by atoms with E-state index in [1.54, 1.807) is 0 Å². The van der Waals surface area contributed by atoms with Crippen molar-refractivity contribution in [3.8, 4) is 0 Å². The van der Waals surface area contributed by atoms with Crippen LogP contribution in [-0.4, -0.2) is 11.5 Å². The highest BCUT2D eigenvalue weighted by Gasteiger charge is 2.04. The van der Waals surface area contributed by atoms with E-state index in [2.05, 4.69) is 0 Å². The summed E-state index contributed by atoms with van der Waals surface area (Å²) < 4.78 is 0. The van der Waals surface area contributed by atoms with E-state index in [0.29, 0.717) is 6.42 Å². The Morgan fingerprint density at radius 1 is 1.43 bits per heavy atom. The second-order valence-corrected chi connectivity index (χ2v) is 3.10. The highest BCUT2D eigenvalue weighted by molar-refractivity contribution is 5.21. The molecule has 3 heteroatoms. The Balaban J connectivity index is 2.63. The molecule has 0 spiro atoms. The molecule has 0 aromatic heterocycles. The van der Waals surface area contributed by atoms with Crippen molar-refractivity contribution in [3.05, 3.63) is 57.7 Å². The van der Waals surface area contributed by atoms with Crippen LogP contribution in [0.2, 0.25) is 0 Å². The van der Waals surface area contributed by atoms with Crippen molar-refractivity contribution in [3.63, 3.8) is 0 Å². The van der Waals surface area contributed by atoms with Gasteiger partial charge >= 0.3 is 0 Å². The van der Waals surface area contributed by atoms with E-state index in [-0.39, 0.29) is 11.5 Å². The lowest BCUT2D eigenvalue weighted by Crippen LogP contribution is -2.06. The molecule has 0 aliphatic carbocycles. The van der Waals surface area contributed by atoms with Gasteiger partial charge in [-0.05, 0) is 24.5 Å². The van der Waals surface area contributed by atoms with E-state index >= 15 is 0 Å². The van der Waals surface area contributed by atoms with Crippen LogP contribution >= 0.6 is 0 Å². The van der Waals surface area contributed by atoms with Gasteiger partial charge in [0.25, 0.3) is 0 Å². The monoisotopic (exact) mass is 191 g/mol. The fourth-order valence-corrected chi connectivity index (χ4v) is 1.27. The minimum absolute atomic E-state index is 0.0641. The third-order valence-electron chi connectivity index (χ3n) is 2.01. The molecular formula is C11H13NO2. The van der Waals surface area contributed by atoms with E-state index in [1.165, 1.54) is 0 Å². The molecule has 0 N–H and O–H groups in total. The van der Waals surface area contributed by atoms with E-state index < -0.39 is 0 Å². The van der Waals surface area contributed by atoms with Gasteiger partial charge in [-0.1, -0.05) is 36.4 Å². The highest BCUT2D eigenvalue weighted by Crippen LogP contribution is 2.07. The number of hydrogen-bond acceptors (Lipinski definition) is 2. The van der Waals surface area contributed by atoms with Crippen molar-refractivity contribution in [1.29, 1.82) is 0 Å². The van der Waals surface area contributed by atoms with E-state index in [1.807, 2.05) is 43.3 Å². The van der Waals surface area contributed by atoms with Gasteiger partial charge in [0.05, 0.1) is 0 Å². The molecule has 74 valence electrons. The first-order valence-electron chi connectivity index (χ1n) is 4.52. The first-order chi connectivity index (χ1) is 6.72.